The summed E-state index contributed by atoms with van der Waals surface area (Å²) in [4.78, 5) is 17.3. The van der Waals surface area contributed by atoms with Crippen molar-refractivity contribution in [2.75, 3.05) is 6.54 Å². The standard InChI is InChI=1S/C22H20N2OS/c1-17-10-11-21(26-17)16-24(13-12-18-6-3-2-4-7-18)22(25)20-9-5-8-19(14-20)15-23/h2-11,14H,12-13,16H2,1H3. The Morgan fingerprint density at radius 3 is 2.58 bits per heavy atom. The number of amides is 1. The van der Waals surface area contributed by atoms with Gasteiger partial charge in [-0.25, -0.2) is 0 Å². The van der Waals surface area contributed by atoms with Crippen LogP contribution in [0.1, 0.15) is 31.2 Å². The fourth-order valence-corrected chi connectivity index (χ4v) is 3.73. The van der Waals surface area contributed by atoms with Gasteiger partial charge in [0, 0.05) is 21.9 Å². The van der Waals surface area contributed by atoms with Gasteiger partial charge in [0.25, 0.3) is 5.91 Å². The van der Waals surface area contributed by atoms with Crippen molar-refractivity contribution in [2.24, 2.45) is 0 Å². The maximum absolute atomic E-state index is 13.1. The number of thiophene rings is 1. The Morgan fingerprint density at radius 2 is 1.88 bits per heavy atom. The molecular formula is C22H20N2OS. The quantitative estimate of drug-likeness (QED) is 0.633. The summed E-state index contributed by atoms with van der Waals surface area (Å²) in [6.45, 7) is 3.29. The smallest absolute Gasteiger partial charge is 0.254 e. The van der Waals surface area contributed by atoms with Crippen molar-refractivity contribution in [2.45, 2.75) is 19.9 Å². The third-order valence-electron chi connectivity index (χ3n) is 4.18. The molecule has 3 nitrogen and oxygen atoms in total. The number of carbonyl (C=O) groups is 1. The van der Waals surface area contributed by atoms with Gasteiger partial charge >= 0.3 is 0 Å². The molecule has 0 bridgehead atoms. The molecule has 130 valence electrons. The summed E-state index contributed by atoms with van der Waals surface area (Å²) >= 11 is 1.71. The van der Waals surface area contributed by atoms with Crippen molar-refractivity contribution in [3.63, 3.8) is 0 Å². The van der Waals surface area contributed by atoms with Crippen molar-refractivity contribution >= 4 is 17.2 Å². The number of nitrogens with zero attached hydrogens (tertiary/aromatic N) is 2. The second-order valence-corrected chi connectivity index (χ2v) is 7.54. The van der Waals surface area contributed by atoms with Crippen molar-refractivity contribution < 1.29 is 4.79 Å². The SMILES string of the molecule is Cc1ccc(CN(CCc2ccccc2)C(=O)c2cccc(C#N)c2)s1. The first-order valence-corrected chi connectivity index (χ1v) is 9.36. The highest BCUT2D eigenvalue weighted by Gasteiger charge is 2.17. The molecule has 1 aromatic heterocycles. The Hall–Kier alpha value is -2.90. The Bertz CT molecular complexity index is 925. The first kappa shape index (κ1) is 17.9. The molecule has 0 saturated heterocycles. The van der Waals surface area contributed by atoms with Gasteiger partial charge in [-0.05, 0) is 49.2 Å². The molecule has 0 aliphatic carbocycles. The van der Waals surface area contributed by atoms with Crippen LogP contribution in [0, 0.1) is 18.3 Å². The summed E-state index contributed by atoms with van der Waals surface area (Å²) in [5.41, 5.74) is 2.27. The molecule has 1 heterocycles. The zero-order valence-electron chi connectivity index (χ0n) is 14.7. The van der Waals surface area contributed by atoms with Gasteiger partial charge in [0.15, 0.2) is 0 Å². The number of nitriles is 1. The van der Waals surface area contributed by atoms with Crippen LogP contribution >= 0.6 is 11.3 Å². The lowest BCUT2D eigenvalue weighted by Crippen LogP contribution is -2.32. The average Bonchev–Trinajstić information content (AvgIpc) is 3.10. The van der Waals surface area contributed by atoms with Gasteiger partial charge < -0.3 is 4.90 Å². The van der Waals surface area contributed by atoms with Crippen molar-refractivity contribution in [3.8, 4) is 6.07 Å². The van der Waals surface area contributed by atoms with Gasteiger partial charge in [-0.1, -0.05) is 36.4 Å². The number of hydrogen-bond acceptors (Lipinski definition) is 3. The monoisotopic (exact) mass is 360 g/mol. The van der Waals surface area contributed by atoms with Gasteiger partial charge in [-0.15, -0.1) is 11.3 Å². The maximum atomic E-state index is 13.1. The predicted octanol–water partition coefficient (Wildman–Crippen LogP) is 4.81. The minimum absolute atomic E-state index is 0.0379. The molecule has 3 rings (SSSR count). The molecule has 0 unspecified atom stereocenters. The maximum Gasteiger partial charge on any atom is 0.254 e. The molecule has 4 heteroatoms. The number of benzene rings is 2. The Kier molecular flexibility index (Phi) is 5.83. The average molecular weight is 360 g/mol. The number of hydrogen-bond donors (Lipinski definition) is 0. The second-order valence-electron chi connectivity index (χ2n) is 6.17. The van der Waals surface area contributed by atoms with E-state index in [1.807, 2.05) is 23.1 Å². The van der Waals surface area contributed by atoms with Crippen molar-refractivity contribution in [1.29, 1.82) is 5.26 Å². The van der Waals surface area contributed by atoms with Crippen molar-refractivity contribution in [1.82, 2.24) is 4.90 Å². The molecule has 26 heavy (non-hydrogen) atoms. The highest BCUT2D eigenvalue weighted by molar-refractivity contribution is 7.11. The van der Waals surface area contributed by atoms with Gasteiger partial charge in [-0.2, -0.15) is 5.26 Å². The van der Waals surface area contributed by atoms with E-state index in [4.69, 9.17) is 5.26 Å². The zero-order valence-corrected chi connectivity index (χ0v) is 15.5. The molecule has 1 amide bonds. The van der Waals surface area contributed by atoms with Gasteiger partial charge in [-0.3, -0.25) is 4.79 Å². The van der Waals surface area contributed by atoms with E-state index >= 15 is 0 Å². The van der Waals surface area contributed by atoms with E-state index in [1.54, 1.807) is 35.6 Å². The summed E-state index contributed by atoms with van der Waals surface area (Å²) in [5, 5.41) is 9.10. The second kappa shape index (κ2) is 8.46. The third-order valence-corrected chi connectivity index (χ3v) is 5.17. The van der Waals surface area contributed by atoms with Crippen LogP contribution in [0.2, 0.25) is 0 Å². The van der Waals surface area contributed by atoms with Crippen LogP contribution in [0.3, 0.4) is 0 Å². The molecule has 0 aliphatic rings. The normalized spacial score (nSPS) is 10.3. The largest absolute Gasteiger partial charge is 0.333 e. The highest BCUT2D eigenvalue weighted by atomic mass is 32.1. The summed E-state index contributed by atoms with van der Waals surface area (Å²) in [5.74, 6) is -0.0379. The molecule has 0 fully saturated rings. The molecule has 0 saturated carbocycles. The lowest BCUT2D eigenvalue weighted by Gasteiger charge is -2.22. The Labute approximate surface area is 158 Å². The van der Waals surface area contributed by atoms with Gasteiger partial charge in [0.1, 0.15) is 0 Å². The highest BCUT2D eigenvalue weighted by Crippen LogP contribution is 2.19. The predicted molar refractivity (Wildman–Crippen MR) is 105 cm³/mol. The van der Waals surface area contributed by atoms with Crippen LogP contribution in [-0.2, 0) is 13.0 Å². The lowest BCUT2D eigenvalue weighted by atomic mass is 10.1. The van der Waals surface area contributed by atoms with Crippen LogP contribution < -0.4 is 0 Å². The number of carbonyl (C=O) groups excluding carboxylic acids is 1. The van der Waals surface area contributed by atoms with Crippen LogP contribution in [0.25, 0.3) is 0 Å². The Balaban J connectivity index is 1.81. The number of rotatable bonds is 6. The van der Waals surface area contributed by atoms with E-state index in [1.165, 1.54) is 15.3 Å². The summed E-state index contributed by atoms with van der Waals surface area (Å²) in [6.07, 6.45) is 0.800. The lowest BCUT2D eigenvalue weighted by molar-refractivity contribution is 0.0746. The Morgan fingerprint density at radius 1 is 1.08 bits per heavy atom. The van der Waals surface area contributed by atoms with Gasteiger partial charge in [0.2, 0.25) is 0 Å². The van der Waals surface area contributed by atoms with E-state index in [9.17, 15) is 4.79 Å². The molecule has 0 atom stereocenters. The van der Waals surface area contributed by atoms with Crippen LogP contribution in [0.5, 0.6) is 0 Å². The number of aryl methyl sites for hydroxylation is 1. The fourth-order valence-electron chi connectivity index (χ4n) is 2.82. The first-order chi connectivity index (χ1) is 12.7. The fraction of sp³-hybridized carbons (Fsp3) is 0.182. The molecule has 0 N–H and O–H groups in total. The van der Waals surface area contributed by atoms with E-state index in [0.29, 0.717) is 24.2 Å². The zero-order chi connectivity index (χ0) is 18.4. The molecule has 0 aliphatic heterocycles. The van der Waals surface area contributed by atoms with Crippen LogP contribution in [0.4, 0.5) is 0 Å². The van der Waals surface area contributed by atoms with Crippen molar-refractivity contribution in [3.05, 3.63) is 93.2 Å². The van der Waals surface area contributed by atoms with Crippen LogP contribution in [0.15, 0.2) is 66.7 Å². The summed E-state index contributed by atoms with van der Waals surface area (Å²) in [7, 11) is 0. The van der Waals surface area contributed by atoms with E-state index < -0.39 is 0 Å². The molecule has 0 radical (unpaired) electrons. The van der Waals surface area contributed by atoms with E-state index in [0.717, 1.165) is 6.42 Å². The summed E-state index contributed by atoms with van der Waals surface area (Å²) < 4.78 is 0. The minimum atomic E-state index is -0.0379. The summed E-state index contributed by atoms with van der Waals surface area (Å²) in [6, 6.07) is 23.4. The van der Waals surface area contributed by atoms with E-state index in [2.05, 4.69) is 37.3 Å². The molecule has 0 spiro atoms. The molecule has 2 aromatic carbocycles. The first-order valence-electron chi connectivity index (χ1n) is 8.54. The molecular weight excluding hydrogens is 340 g/mol. The minimum Gasteiger partial charge on any atom is -0.333 e. The van der Waals surface area contributed by atoms with E-state index in [-0.39, 0.29) is 5.91 Å². The van der Waals surface area contributed by atoms with Crippen LogP contribution in [-0.4, -0.2) is 17.4 Å². The molecule has 3 aromatic rings. The third kappa shape index (κ3) is 4.59. The topological polar surface area (TPSA) is 44.1 Å². The van der Waals surface area contributed by atoms with Gasteiger partial charge in [0.05, 0.1) is 18.2 Å².